The zero-order valence-corrected chi connectivity index (χ0v) is 12.6. The summed E-state index contributed by atoms with van der Waals surface area (Å²) >= 11 is 1.71. The Bertz CT molecular complexity index is 209. The summed E-state index contributed by atoms with van der Waals surface area (Å²) in [6, 6.07) is 0. The molecule has 1 saturated heterocycles. The van der Waals surface area contributed by atoms with E-state index in [1.54, 1.807) is 40.2 Å². The van der Waals surface area contributed by atoms with Crippen LogP contribution in [0.5, 0.6) is 0 Å². The van der Waals surface area contributed by atoms with Crippen LogP contribution in [-0.2, 0) is 23.7 Å². The van der Waals surface area contributed by atoms with Crippen molar-refractivity contribution in [1.29, 1.82) is 0 Å². The molecule has 108 valence electrons. The third-order valence-corrected chi connectivity index (χ3v) is 4.11. The van der Waals surface area contributed by atoms with E-state index in [4.69, 9.17) is 23.7 Å². The van der Waals surface area contributed by atoms with Gasteiger partial charge in [-0.15, -0.1) is 11.8 Å². The Morgan fingerprint density at radius 1 is 0.944 bits per heavy atom. The van der Waals surface area contributed by atoms with Gasteiger partial charge < -0.3 is 23.7 Å². The van der Waals surface area contributed by atoms with Gasteiger partial charge in [-0.05, 0) is 5.75 Å². The Balaban J connectivity index is 2.84. The Kier molecular flexibility index (Phi) is 7.51. The molecule has 1 rings (SSSR count). The zero-order valence-electron chi connectivity index (χ0n) is 11.8. The molecule has 0 aromatic carbocycles. The van der Waals surface area contributed by atoms with Gasteiger partial charge in [0.1, 0.15) is 29.9 Å². The number of rotatable bonds is 7. The minimum atomic E-state index is -0.186. The third-order valence-electron chi connectivity index (χ3n) is 3.07. The molecule has 0 aromatic heterocycles. The lowest BCUT2D eigenvalue weighted by atomic mass is 9.99. The van der Waals surface area contributed by atoms with Crippen LogP contribution in [0.1, 0.15) is 6.92 Å². The highest BCUT2D eigenvalue weighted by Crippen LogP contribution is 2.32. The van der Waals surface area contributed by atoms with Crippen molar-refractivity contribution in [2.24, 2.45) is 0 Å². The summed E-state index contributed by atoms with van der Waals surface area (Å²) in [4.78, 5) is 0. The molecule has 0 N–H and O–H groups in total. The maximum absolute atomic E-state index is 6.01. The van der Waals surface area contributed by atoms with E-state index in [-0.39, 0.29) is 29.9 Å². The van der Waals surface area contributed by atoms with Gasteiger partial charge in [0.2, 0.25) is 0 Å². The van der Waals surface area contributed by atoms with E-state index in [9.17, 15) is 0 Å². The van der Waals surface area contributed by atoms with E-state index in [0.717, 1.165) is 5.75 Å². The maximum Gasteiger partial charge on any atom is 0.132 e. The molecule has 1 fully saturated rings. The van der Waals surface area contributed by atoms with Crippen molar-refractivity contribution in [1.82, 2.24) is 0 Å². The van der Waals surface area contributed by atoms with Crippen molar-refractivity contribution >= 4 is 11.8 Å². The first kappa shape index (κ1) is 16.2. The van der Waals surface area contributed by atoms with E-state index >= 15 is 0 Å². The SMILES string of the molecule is CCS[C@@H]1O[C@H](COC)[C@@H](OC)[C@H](OC)[C@H]1OC. The van der Waals surface area contributed by atoms with Gasteiger partial charge in [-0.1, -0.05) is 6.92 Å². The van der Waals surface area contributed by atoms with Crippen LogP contribution in [0, 0.1) is 0 Å². The van der Waals surface area contributed by atoms with Crippen molar-refractivity contribution in [3.63, 3.8) is 0 Å². The second kappa shape index (κ2) is 8.35. The molecule has 0 unspecified atom stereocenters. The first-order chi connectivity index (χ1) is 8.73. The molecule has 0 radical (unpaired) electrons. The molecule has 0 aliphatic carbocycles. The van der Waals surface area contributed by atoms with Crippen LogP contribution >= 0.6 is 11.8 Å². The fraction of sp³-hybridized carbons (Fsp3) is 1.00. The van der Waals surface area contributed by atoms with Crippen LogP contribution in [0.25, 0.3) is 0 Å². The van der Waals surface area contributed by atoms with Crippen LogP contribution < -0.4 is 0 Å². The summed E-state index contributed by atoms with van der Waals surface area (Å²) in [5, 5.41) is 0. The van der Waals surface area contributed by atoms with Crippen LogP contribution in [0.15, 0.2) is 0 Å². The summed E-state index contributed by atoms with van der Waals surface area (Å²) in [5.74, 6) is 0.957. The lowest BCUT2D eigenvalue weighted by molar-refractivity contribution is -0.229. The highest BCUT2D eigenvalue weighted by atomic mass is 32.2. The summed E-state index contributed by atoms with van der Waals surface area (Å²) < 4.78 is 27.8. The molecule has 6 heteroatoms. The summed E-state index contributed by atoms with van der Waals surface area (Å²) in [6.45, 7) is 2.58. The second-order valence-corrected chi connectivity index (χ2v) is 5.43. The Labute approximate surface area is 113 Å². The molecule has 0 bridgehead atoms. The van der Waals surface area contributed by atoms with Gasteiger partial charge in [-0.2, -0.15) is 0 Å². The van der Waals surface area contributed by atoms with E-state index in [1.165, 1.54) is 0 Å². The van der Waals surface area contributed by atoms with Crippen molar-refractivity contribution in [3.8, 4) is 0 Å². The van der Waals surface area contributed by atoms with Gasteiger partial charge in [0, 0.05) is 28.4 Å². The molecule has 5 atom stereocenters. The van der Waals surface area contributed by atoms with Crippen molar-refractivity contribution < 1.29 is 23.7 Å². The smallest absolute Gasteiger partial charge is 0.132 e. The van der Waals surface area contributed by atoms with Gasteiger partial charge in [0.15, 0.2) is 0 Å². The molecule has 5 nitrogen and oxygen atoms in total. The number of methoxy groups -OCH3 is 4. The molecule has 1 heterocycles. The van der Waals surface area contributed by atoms with Crippen molar-refractivity contribution in [2.45, 2.75) is 36.8 Å². The highest BCUT2D eigenvalue weighted by Gasteiger charge is 2.46. The van der Waals surface area contributed by atoms with Gasteiger partial charge in [-0.25, -0.2) is 0 Å². The van der Waals surface area contributed by atoms with Crippen LogP contribution in [-0.4, -0.2) is 70.7 Å². The second-order valence-electron chi connectivity index (χ2n) is 4.05. The summed E-state index contributed by atoms with van der Waals surface area (Å²) in [6.07, 6.45) is -0.620. The average molecular weight is 280 g/mol. The van der Waals surface area contributed by atoms with Gasteiger partial charge in [-0.3, -0.25) is 0 Å². The number of hydrogen-bond donors (Lipinski definition) is 0. The largest absolute Gasteiger partial charge is 0.382 e. The summed E-state index contributed by atoms with van der Waals surface area (Å²) in [5.41, 5.74) is -0.0588. The maximum atomic E-state index is 6.01. The first-order valence-corrected chi connectivity index (χ1v) is 7.12. The van der Waals surface area contributed by atoms with Crippen LogP contribution in [0.2, 0.25) is 0 Å². The molecule has 1 aliphatic heterocycles. The average Bonchev–Trinajstić information content (AvgIpc) is 2.38. The number of thioether (sulfide) groups is 1. The molecular formula is C12H24O5S. The predicted molar refractivity (Wildman–Crippen MR) is 71.1 cm³/mol. The van der Waals surface area contributed by atoms with E-state index < -0.39 is 0 Å². The molecule has 1 aliphatic rings. The van der Waals surface area contributed by atoms with E-state index in [1.807, 2.05) is 0 Å². The Morgan fingerprint density at radius 2 is 1.56 bits per heavy atom. The Hall–Kier alpha value is 0.150. The van der Waals surface area contributed by atoms with E-state index in [0.29, 0.717) is 6.61 Å². The van der Waals surface area contributed by atoms with Crippen LogP contribution in [0.4, 0.5) is 0 Å². The lowest BCUT2D eigenvalue weighted by Gasteiger charge is -2.44. The number of hydrogen-bond acceptors (Lipinski definition) is 6. The quantitative estimate of drug-likeness (QED) is 0.697. The Morgan fingerprint density at radius 3 is 2.00 bits per heavy atom. The van der Waals surface area contributed by atoms with Crippen LogP contribution in [0.3, 0.4) is 0 Å². The van der Waals surface area contributed by atoms with E-state index in [2.05, 4.69) is 6.92 Å². The molecule has 0 saturated carbocycles. The first-order valence-electron chi connectivity index (χ1n) is 6.07. The van der Waals surface area contributed by atoms with Crippen molar-refractivity contribution in [2.75, 3.05) is 40.8 Å². The highest BCUT2D eigenvalue weighted by molar-refractivity contribution is 7.99. The molecule has 18 heavy (non-hydrogen) atoms. The molecular weight excluding hydrogens is 256 g/mol. The van der Waals surface area contributed by atoms with Gasteiger partial charge in [0.25, 0.3) is 0 Å². The topological polar surface area (TPSA) is 46.2 Å². The minimum absolute atomic E-state index is 0.0588. The predicted octanol–water partition coefficient (Wildman–Crippen LogP) is 1.16. The van der Waals surface area contributed by atoms with Gasteiger partial charge in [0.05, 0.1) is 6.61 Å². The van der Waals surface area contributed by atoms with Crippen molar-refractivity contribution in [3.05, 3.63) is 0 Å². The lowest BCUT2D eigenvalue weighted by Crippen LogP contribution is -2.59. The third kappa shape index (κ3) is 3.59. The normalized spacial score (nSPS) is 36.8. The summed E-state index contributed by atoms with van der Waals surface area (Å²) in [7, 11) is 6.66. The minimum Gasteiger partial charge on any atom is -0.382 e. The number of ether oxygens (including phenoxy) is 5. The fourth-order valence-corrected chi connectivity index (χ4v) is 3.28. The standard InChI is InChI=1S/C12H24O5S/c1-6-18-12-11(16-5)10(15-4)9(14-3)8(17-12)7-13-2/h8-12H,6-7H2,1-5H3/t8-,9-,10+,11-,12+/m1/s1. The molecule has 0 spiro atoms. The monoisotopic (exact) mass is 280 g/mol. The molecule has 0 amide bonds. The zero-order chi connectivity index (χ0) is 13.5. The fourth-order valence-electron chi connectivity index (χ4n) is 2.28. The van der Waals surface area contributed by atoms with Gasteiger partial charge >= 0.3 is 0 Å². The molecule has 0 aromatic rings.